The van der Waals surface area contributed by atoms with Gasteiger partial charge in [-0.05, 0) is 31.3 Å². The van der Waals surface area contributed by atoms with Crippen LogP contribution in [0.5, 0.6) is 5.75 Å². The van der Waals surface area contributed by atoms with Crippen LogP contribution in [-0.2, 0) is 0 Å². The number of rotatable bonds is 4. The molecule has 0 saturated carbocycles. The predicted octanol–water partition coefficient (Wildman–Crippen LogP) is 0.623. The number of nitrogens with two attached hydrogens (primary N) is 1. The first-order valence-corrected chi connectivity index (χ1v) is 7.10. The standard InChI is InChI=1S/C16H23N3O/c1-18-9-11-19(12-10-18)13-14-20-16-6-4-15(5-7-16)3-2-8-17/h4-7H,8-14,17H2,1H3. The maximum absolute atomic E-state index is 5.77. The number of hydrogen-bond donors (Lipinski definition) is 1. The van der Waals surface area contributed by atoms with Gasteiger partial charge in [-0.15, -0.1) is 0 Å². The molecule has 1 aliphatic rings. The number of piperazine rings is 1. The average Bonchev–Trinajstić information content (AvgIpc) is 2.48. The summed E-state index contributed by atoms with van der Waals surface area (Å²) in [6, 6.07) is 7.86. The van der Waals surface area contributed by atoms with Crippen molar-refractivity contribution in [3.05, 3.63) is 29.8 Å². The lowest BCUT2D eigenvalue weighted by Gasteiger charge is -2.32. The van der Waals surface area contributed by atoms with Crippen LogP contribution >= 0.6 is 0 Å². The van der Waals surface area contributed by atoms with Crippen molar-refractivity contribution in [2.75, 3.05) is 52.9 Å². The number of ether oxygens (including phenoxy) is 1. The summed E-state index contributed by atoms with van der Waals surface area (Å²) in [6.45, 7) is 6.67. The lowest BCUT2D eigenvalue weighted by atomic mass is 10.2. The van der Waals surface area contributed by atoms with Crippen molar-refractivity contribution in [3.63, 3.8) is 0 Å². The highest BCUT2D eigenvalue weighted by Crippen LogP contribution is 2.11. The summed E-state index contributed by atoms with van der Waals surface area (Å²) in [6.07, 6.45) is 0. The monoisotopic (exact) mass is 273 g/mol. The van der Waals surface area contributed by atoms with E-state index in [0.717, 1.165) is 50.6 Å². The fraction of sp³-hybridized carbons (Fsp3) is 0.500. The fourth-order valence-electron chi connectivity index (χ4n) is 2.15. The van der Waals surface area contributed by atoms with E-state index in [9.17, 15) is 0 Å². The smallest absolute Gasteiger partial charge is 0.119 e. The van der Waals surface area contributed by atoms with E-state index in [-0.39, 0.29) is 0 Å². The van der Waals surface area contributed by atoms with Crippen molar-refractivity contribution in [3.8, 4) is 17.6 Å². The molecular weight excluding hydrogens is 250 g/mol. The maximum Gasteiger partial charge on any atom is 0.119 e. The van der Waals surface area contributed by atoms with E-state index >= 15 is 0 Å². The Balaban J connectivity index is 1.71. The molecule has 0 spiro atoms. The topological polar surface area (TPSA) is 41.7 Å². The molecule has 0 bridgehead atoms. The maximum atomic E-state index is 5.77. The summed E-state index contributed by atoms with van der Waals surface area (Å²) in [5.74, 6) is 6.74. The molecule has 1 aromatic rings. The summed E-state index contributed by atoms with van der Waals surface area (Å²) in [7, 11) is 2.17. The quantitative estimate of drug-likeness (QED) is 0.817. The van der Waals surface area contributed by atoms with Crippen LogP contribution in [0.25, 0.3) is 0 Å². The van der Waals surface area contributed by atoms with Gasteiger partial charge in [0.1, 0.15) is 12.4 Å². The van der Waals surface area contributed by atoms with Gasteiger partial charge in [-0.2, -0.15) is 0 Å². The second-order valence-corrected chi connectivity index (χ2v) is 5.02. The summed E-state index contributed by atoms with van der Waals surface area (Å²) in [5.41, 5.74) is 6.32. The summed E-state index contributed by atoms with van der Waals surface area (Å²) in [4.78, 5) is 4.81. The highest BCUT2D eigenvalue weighted by atomic mass is 16.5. The second-order valence-electron chi connectivity index (χ2n) is 5.02. The number of nitrogens with zero attached hydrogens (tertiary/aromatic N) is 2. The molecule has 2 rings (SSSR count). The molecule has 1 saturated heterocycles. The Kier molecular flexibility index (Phi) is 5.87. The zero-order valence-corrected chi connectivity index (χ0v) is 12.1. The van der Waals surface area contributed by atoms with Crippen molar-refractivity contribution in [1.82, 2.24) is 9.80 Å². The van der Waals surface area contributed by atoms with Crippen LogP contribution in [0.2, 0.25) is 0 Å². The molecule has 0 aromatic heterocycles. The Morgan fingerprint density at radius 2 is 1.85 bits per heavy atom. The number of hydrogen-bond acceptors (Lipinski definition) is 4. The Labute approximate surface area is 121 Å². The third-order valence-electron chi connectivity index (χ3n) is 3.46. The molecule has 1 heterocycles. The molecule has 0 radical (unpaired) electrons. The van der Waals surface area contributed by atoms with E-state index in [1.165, 1.54) is 0 Å². The Morgan fingerprint density at radius 3 is 2.50 bits per heavy atom. The summed E-state index contributed by atoms with van der Waals surface area (Å²) < 4.78 is 5.77. The van der Waals surface area contributed by atoms with Gasteiger partial charge in [-0.1, -0.05) is 11.8 Å². The van der Waals surface area contributed by atoms with Gasteiger partial charge in [0.05, 0.1) is 6.54 Å². The van der Waals surface area contributed by atoms with Gasteiger partial charge in [-0.25, -0.2) is 0 Å². The number of likely N-dealkylation sites (N-methyl/N-ethyl adjacent to an activating group) is 1. The molecule has 0 amide bonds. The fourth-order valence-corrected chi connectivity index (χ4v) is 2.15. The highest BCUT2D eigenvalue weighted by molar-refractivity contribution is 5.38. The van der Waals surface area contributed by atoms with Crippen molar-refractivity contribution in [2.45, 2.75) is 0 Å². The highest BCUT2D eigenvalue weighted by Gasteiger charge is 2.12. The third kappa shape index (κ3) is 4.86. The largest absolute Gasteiger partial charge is 0.492 e. The van der Waals surface area contributed by atoms with Gasteiger partial charge in [-0.3, -0.25) is 4.90 Å². The summed E-state index contributed by atoms with van der Waals surface area (Å²) >= 11 is 0. The van der Waals surface area contributed by atoms with E-state index in [1.54, 1.807) is 0 Å². The van der Waals surface area contributed by atoms with Crippen LogP contribution in [0.15, 0.2) is 24.3 Å². The zero-order chi connectivity index (χ0) is 14.2. The van der Waals surface area contributed by atoms with E-state index in [2.05, 4.69) is 28.7 Å². The number of benzene rings is 1. The van der Waals surface area contributed by atoms with Gasteiger partial charge in [0.2, 0.25) is 0 Å². The van der Waals surface area contributed by atoms with Crippen LogP contribution in [0.4, 0.5) is 0 Å². The average molecular weight is 273 g/mol. The van der Waals surface area contributed by atoms with Crippen LogP contribution in [0.1, 0.15) is 5.56 Å². The van der Waals surface area contributed by atoms with Crippen LogP contribution in [0, 0.1) is 11.8 Å². The van der Waals surface area contributed by atoms with Crippen LogP contribution in [-0.4, -0.2) is 62.7 Å². The van der Waals surface area contributed by atoms with Crippen molar-refractivity contribution in [2.24, 2.45) is 5.73 Å². The van der Waals surface area contributed by atoms with Crippen molar-refractivity contribution < 1.29 is 4.74 Å². The van der Waals surface area contributed by atoms with Gasteiger partial charge in [0.25, 0.3) is 0 Å². The van der Waals surface area contributed by atoms with Gasteiger partial charge in [0, 0.05) is 38.3 Å². The molecule has 1 aliphatic heterocycles. The molecule has 20 heavy (non-hydrogen) atoms. The molecule has 1 aromatic carbocycles. The van der Waals surface area contributed by atoms with Crippen molar-refractivity contribution in [1.29, 1.82) is 0 Å². The van der Waals surface area contributed by atoms with E-state index in [1.807, 2.05) is 24.3 Å². The Hall–Kier alpha value is -1.54. The zero-order valence-electron chi connectivity index (χ0n) is 12.1. The van der Waals surface area contributed by atoms with Crippen molar-refractivity contribution >= 4 is 0 Å². The van der Waals surface area contributed by atoms with E-state index in [4.69, 9.17) is 10.5 Å². The molecule has 2 N–H and O–H groups in total. The second kappa shape index (κ2) is 7.91. The van der Waals surface area contributed by atoms with E-state index < -0.39 is 0 Å². The molecule has 4 nitrogen and oxygen atoms in total. The van der Waals surface area contributed by atoms with Gasteiger partial charge >= 0.3 is 0 Å². The minimum atomic E-state index is 0.392. The summed E-state index contributed by atoms with van der Waals surface area (Å²) in [5, 5.41) is 0. The molecule has 4 heteroatoms. The first-order valence-electron chi connectivity index (χ1n) is 7.10. The van der Waals surface area contributed by atoms with Gasteiger partial charge in [0.15, 0.2) is 0 Å². The molecular formula is C16H23N3O. The molecule has 0 atom stereocenters. The van der Waals surface area contributed by atoms with E-state index in [0.29, 0.717) is 6.54 Å². The lowest BCUT2D eigenvalue weighted by Crippen LogP contribution is -2.45. The van der Waals surface area contributed by atoms with Crippen LogP contribution < -0.4 is 10.5 Å². The predicted molar refractivity (Wildman–Crippen MR) is 81.8 cm³/mol. The normalized spacial score (nSPS) is 16.5. The Bertz CT molecular complexity index is 453. The first-order chi connectivity index (χ1) is 9.78. The first kappa shape index (κ1) is 14.9. The lowest BCUT2D eigenvalue weighted by molar-refractivity contribution is 0.134. The molecule has 0 unspecified atom stereocenters. The minimum absolute atomic E-state index is 0.392. The SMILES string of the molecule is CN1CCN(CCOc2ccc(C#CCN)cc2)CC1. The Morgan fingerprint density at radius 1 is 1.15 bits per heavy atom. The third-order valence-corrected chi connectivity index (χ3v) is 3.46. The molecule has 108 valence electrons. The minimum Gasteiger partial charge on any atom is -0.492 e. The molecule has 0 aliphatic carbocycles. The van der Waals surface area contributed by atoms with Crippen LogP contribution in [0.3, 0.4) is 0 Å². The molecule has 1 fully saturated rings. The van der Waals surface area contributed by atoms with Gasteiger partial charge < -0.3 is 15.4 Å².